The van der Waals surface area contributed by atoms with Crippen molar-refractivity contribution in [3.05, 3.63) is 41.0 Å². The first-order chi connectivity index (χ1) is 9.08. The van der Waals surface area contributed by atoms with Crippen molar-refractivity contribution in [1.82, 2.24) is 0 Å². The number of aliphatic carboxylic acids is 1. The van der Waals surface area contributed by atoms with E-state index in [2.05, 4.69) is 32.0 Å². The molecule has 1 aliphatic rings. The van der Waals surface area contributed by atoms with Crippen LogP contribution in [-0.2, 0) is 4.79 Å². The summed E-state index contributed by atoms with van der Waals surface area (Å²) in [6.45, 7) is 4.12. The minimum absolute atomic E-state index is 0.408. The van der Waals surface area contributed by atoms with Crippen molar-refractivity contribution >= 4 is 11.5 Å². The maximum Gasteiger partial charge on any atom is 0.328 e. The summed E-state index contributed by atoms with van der Waals surface area (Å²) < 4.78 is 0. The summed E-state index contributed by atoms with van der Waals surface area (Å²) in [6, 6.07) is 6.29. The average Bonchev–Trinajstić information content (AvgIpc) is 2.40. The van der Waals surface area contributed by atoms with Gasteiger partial charge in [0.15, 0.2) is 0 Å². The monoisotopic (exact) mass is 258 g/mol. The topological polar surface area (TPSA) is 37.3 Å². The van der Waals surface area contributed by atoms with Crippen LogP contribution in [0.4, 0.5) is 0 Å². The van der Waals surface area contributed by atoms with Gasteiger partial charge in [0.1, 0.15) is 0 Å². The summed E-state index contributed by atoms with van der Waals surface area (Å²) in [4.78, 5) is 11.1. The highest BCUT2D eigenvalue weighted by Gasteiger charge is 2.21. The molecule has 102 valence electrons. The standard InChI is InChI=1S/C17H22O2/c1-12-8-9-13(2)15(10-12)16(11-17(18)19)14-6-4-3-5-7-14/h8-11,14H,3-7H2,1-2H3,(H,18,19)/b16-11+. The van der Waals surface area contributed by atoms with Crippen molar-refractivity contribution in [2.24, 2.45) is 5.92 Å². The second-order valence-electron chi connectivity index (χ2n) is 5.59. The van der Waals surface area contributed by atoms with Crippen LogP contribution < -0.4 is 0 Å². The summed E-state index contributed by atoms with van der Waals surface area (Å²) >= 11 is 0. The van der Waals surface area contributed by atoms with Crippen LogP contribution in [0.3, 0.4) is 0 Å². The van der Waals surface area contributed by atoms with Crippen LogP contribution in [-0.4, -0.2) is 11.1 Å². The Labute approximate surface area is 115 Å². The number of hydrogen-bond acceptors (Lipinski definition) is 1. The number of carboxylic acids is 1. The van der Waals surface area contributed by atoms with Crippen LogP contribution in [0.5, 0.6) is 0 Å². The van der Waals surface area contributed by atoms with Gasteiger partial charge in [-0.1, -0.05) is 43.0 Å². The van der Waals surface area contributed by atoms with E-state index in [1.165, 1.54) is 36.5 Å². The third-order valence-corrected chi connectivity index (χ3v) is 4.03. The van der Waals surface area contributed by atoms with E-state index in [1.54, 1.807) is 0 Å². The van der Waals surface area contributed by atoms with E-state index in [9.17, 15) is 4.79 Å². The Bertz CT molecular complexity index is 494. The van der Waals surface area contributed by atoms with Crippen LogP contribution in [0, 0.1) is 19.8 Å². The summed E-state index contributed by atoms with van der Waals surface area (Å²) in [5.41, 5.74) is 4.50. The molecule has 1 aromatic rings. The molecule has 2 heteroatoms. The zero-order valence-corrected chi connectivity index (χ0v) is 11.8. The summed E-state index contributed by atoms with van der Waals surface area (Å²) in [7, 11) is 0. The normalized spacial score (nSPS) is 17.5. The second-order valence-corrected chi connectivity index (χ2v) is 5.59. The Morgan fingerprint density at radius 3 is 2.53 bits per heavy atom. The highest BCUT2D eigenvalue weighted by Crippen LogP contribution is 2.36. The molecule has 0 amide bonds. The van der Waals surface area contributed by atoms with Gasteiger partial charge in [-0.25, -0.2) is 4.79 Å². The van der Waals surface area contributed by atoms with Crippen LogP contribution in [0.25, 0.3) is 5.57 Å². The molecule has 1 aliphatic carbocycles. The van der Waals surface area contributed by atoms with Gasteiger partial charge in [-0.15, -0.1) is 0 Å². The number of carbonyl (C=O) groups is 1. The van der Waals surface area contributed by atoms with E-state index in [1.807, 2.05) is 0 Å². The molecule has 0 heterocycles. The van der Waals surface area contributed by atoms with E-state index < -0.39 is 5.97 Å². The molecule has 0 spiro atoms. The van der Waals surface area contributed by atoms with Crippen molar-refractivity contribution in [2.75, 3.05) is 0 Å². The van der Waals surface area contributed by atoms with Gasteiger partial charge in [0.2, 0.25) is 0 Å². The largest absolute Gasteiger partial charge is 0.478 e. The fraction of sp³-hybridized carbons (Fsp3) is 0.471. The Hall–Kier alpha value is -1.57. The van der Waals surface area contributed by atoms with Crippen molar-refractivity contribution < 1.29 is 9.90 Å². The maximum atomic E-state index is 11.1. The van der Waals surface area contributed by atoms with Crippen molar-refractivity contribution in [3.8, 4) is 0 Å². The molecule has 19 heavy (non-hydrogen) atoms. The highest BCUT2D eigenvalue weighted by molar-refractivity contribution is 5.91. The lowest BCUT2D eigenvalue weighted by Gasteiger charge is -2.25. The molecule has 2 rings (SSSR count). The quantitative estimate of drug-likeness (QED) is 0.818. The van der Waals surface area contributed by atoms with E-state index in [0.29, 0.717) is 5.92 Å². The minimum atomic E-state index is -0.832. The molecule has 0 saturated heterocycles. The molecule has 1 N–H and O–H groups in total. The Kier molecular flexibility index (Phi) is 4.41. The number of carboxylic acid groups (broad SMARTS) is 1. The van der Waals surface area contributed by atoms with Gasteiger partial charge < -0.3 is 5.11 Å². The Morgan fingerprint density at radius 2 is 1.89 bits per heavy atom. The molecular formula is C17H22O2. The third kappa shape index (κ3) is 3.46. The van der Waals surface area contributed by atoms with Gasteiger partial charge in [0.05, 0.1) is 0 Å². The van der Waals surface area contributed by atoms with E-state index >= 15 is 0 Å². The first-order valence-corrected chi connectivity index (χ1v) is 7.10. The second kappa shape index (κ2) is 6.05. The first kappa shape index (κ1) is 13.9. The molecule has 0 atom stereocenters. The lowest BCUT2D eigenvalue weighted by atomic mass is 9.79. The van der Waals surface area contributed by atoms with Gasteiger partial charge in [-0.2, -0.15) is 0 Å². The van der Waals surface area contributed by atoms with Crippen molar-refractivity contribution in [3.63, 3.8) is 0 Å². The predicted molar refractivity (Wildman–Crippen MR) is 78.1 cm³/mol. The fourth-order valence-electron chi connectivity index (χ4n) is 3.01. The van der Waals surface area contributed by atoms with E-state index in [0.717, 1.165) is 24.0 Å². The number of hydrogen-bond donors (Lipinski definition) is 1. The molecule has 1 fully saturated rings. The van der Waals surface area contributed by atoms with Crippen molar-refractivity contribution in [1.29, 1.82) is 0 Å². The Balaban J connectivity index is 2.42. The Morgan fingerprint density at radius 1 is 1.21 bits per heavy atom. The number of benzene rings is 1. The number of aryl methyl sites for hydroxylation is 2. The molecule has 0 unspecified atom stereocenters. The van der Waals surface area contributed by atoms with Crippen LogP contribution >= 0.6 is 0 Å². The van der Waals surface area contributed by atoms with Gasteiger partial charge in [-0.05, 0) is 49.3 Å². The van der Waals surface area contributed by atoms with Gasteiger partial charge in [0.25, 0.3) is 0 Å². The summed E-state index contributed by atoms with van der Waals surface area (Å²) in [5, 5.41) is 9.16. The lowest BCUT2D eigenvalue weighted by Crippen LogP contribution is -2.11. The lowest BCUT2D eigenvalue weighted by molar-refractivity contribution is -0.131. The van der Waals surface area contributed by atoms with E-state index in [-0.39, 0.29) is 0 Å². The van der Waals surface area contributed by atoms with Gasteiger partial charge in [0, 0.05) is 6.08 Å². The molecule has 1 saturated carbocycles. The van der Waals surface area contributed by atoms with Crippen LogP contribution in [0.15, 0.2) is 24.3 Å². The summed E-state index contributed by atoms with van der Waals surface area (Å²) in [6.07, 6.45) is 7.37. The molecule has 2 nitrogen and oxygen atoms in total. The van der Waals surface area contributed by atoms with Gasteiger partial charge >= 0.3 is 5.97 Å². The molecular weight excluding hydrogens is 236 g/mol. The molecule has 0 aliphatic heterocycles. The zero-order valence-electron chi connectivity index (χ0n) is 11.8. The first-order valence-electron chi connectivity index (χ1n) is 7.10. The fourth-order valence-corrected chi connectivity index (χ4v) is 3.01. The van der Waals surface area contributed by atoms with Crippen molar-refractivity contribution in [2.45, 2.75) is 46.0 Å². The highest BCUT2D eigenvalue weighted by atomic mass is 16.4. The maximum absolute atomic E-state index is 11.1. The average molecular weight is 258 g/mol. The number of allylic oxidation sites excluding steroid dienone is 1. The van der Waals surface area contributed by atoms with Crippen LogP contribution in [0.2, 0.25) is 0 Å². The van der Waals surface area contributed by atoms with Gasteiger partial charge in [-0.3, -0.25) is 0 Å². The van der Waals surface area contributed by atoms with Crippen LogP contribution in [0.1, 0.15) is 48.8 Å². The predicted octanol–water partition coefficient (Wildman–Crippen LogP) is 4.35. The number of rotatable bonds is 3. The molecule has 0 radical (unpaired) electrons. The van der Waals surface area contributed by atoms with E-state index in [4.69, 9.17) is 5.11 Å². The SMILES string of the molecule is Cc1ccc(C)c(/C(=C/C(=O)O)C2CCCCC2)c1. The molecule has 0 bridgehead atoms. The molecule has 0 aromatic heterocycles. The summed E-state index contributed by atoms with van der Waals surface area (Å²) in [5.74, 6) is -0.424. The minimum Gasteiger partial charge on any atom is -0.478 e. The zero-order chi connectivity index (χ0) is 13.8. The smallest absolute Gasteiger partial charge is 0.328 e. The molecule has 1 aromatic carbocycles. The third-order valence-electron chi connectivity index (χ3n) is 4.03.